The fourth-order valence-electron chi connectivity index (χ4n) is 2.02. The number of rotatable bonds is 3. The van der Waals surface area contributed by atoms with Crippen LogP contribution in [-0.4, -0.2) is 20.5 Å². The maximum Gasteiger partial charge on any atom is 0.356 e. The summed E-state index contributed by atoms with van der Waals surface area (Å²) in [7, 11) is 0. The minimum absolute atomic E-state index is 0.0508. The minimum Gasteiger partial charge on any atom is -0.476 e. The maximum atomic E-state index is 13.9. The van der Waals surface area contributed by atoms with E-state index in [9.17, 15) is 14.3 Å². The standard InChI is InChI=1S/C14H9ClFN3O2/c15-8-4-3-5-9(11(8)16)17-13-12(14(20)21)19-7-2-1-6-10(19)18-13/h1-7,17H,(H,20,21). The Hall–Kier alpha value is -2.60. The Morgan fingerprint density at radius 2 is 2.10 bits per heavy atom. The summed E-state index contributed by atoms with van der Waals surface area (Å²) in [5.41, 5.74) is 0.429. The van der Waals surface area contributed by atoms with Gasteiger partial charge in [0.25, 0.3) is 0 Å². The van der Waals surface area contributed by atoms with Gasteiger partial charge >= 0.3 is 5.97 Å². The number of halogens is 2. The van der Waals surface area contributed by atoms with Gasteiger partial charge in [-0.15, -0.1) is 0 Å². The molecule has 5 nitrogen and oxygen atoms in total. The molecular formula is C14H9ClFN3O2. The Balaban J connectivity index is 2.14. The molecule has 2 aromatic heterocycles. The number of imidazole rings is 1. The lowest BCUT2D eigenvalue weighted by Gasteiger charge is -2.06. The van der Waals surface area contributed by atoms with Gasteiger partial charge in [0.1, 0.15) is 5.65 Å². The van der Waals surface area contributed by atoms with Crippen LogP contribution in [0.15, 0.2) is 42.6 Å². The molecule has 21 heavy (non-hydrogen) atoms. The minimum atomic E-state index is -1.17. The van der Waals surface area contributed by atoms with Crippen molar-refractivity contribution in [2.45, 2.75) is 0 Å². The molecule has 0 unspecified atom stereocenters. The Kier molecular flexibility index (Phi) is 3.23. The summed E-state index contributed by atoms with van der Waals surface area (Å²) < 4.78 is 15.3. The van der Waals surface area contributed by atoms with Crippen LogP contribution in [0.3, 0.4) is 0 Å². The van der Waals surface area contributed by atoms with E-state index < -0.39 is 11.8 Å². The zero-order valence-electron chi connectivity index (χ0n) is 10.5. The molecule has 0 aliphatic heterocycles. The van der Waals surface area contributed by atoms with Gasteiger partial charge in [-0.25, -0.2) is 14.2 Å². The molecule has 0 amide bonds. The van der Waals surface area contributed by atoms with Crippen molar-refractivity contribution in [2.24, 2.45) is 0 Å². The number of anilines is 2. The highest BCUT2D eigenvalue weighted by atomic mass is 35.5. The number of carboxylic acids is 1. The molecule has 2 heterocycles. The lowest BCUT2D eigenvalue weighted by Crippen LogP contribution is -2.06. The normalized spacial score (nSPS) is 10.8. The average Bonchev–Trinajstić information content (AvgIpc) is 2.82. The van der Waals surface area contributed by atoms with Crippen molar-refractivity contribution >= 4 is 34.7 Å². The van der Waals surface area contributed by atoms with Crippen LogP contribution in [0.2, 0.25) is 5.02 Å². The molecule has 106 valence electrons. The van der Waals surface area contributed by atoms with E-state index >= 15 is 0 Å². The Bertz CT molecular complexity index is 847. The van der Waals surface area contributed by atoms with E-state index in [1.54, 1.807) is 30.5 Å². The van der Waals surface area contributed by atoms with E-state index in [1.807, 2.05) is 0 Å². The predicted octanol–water partition coefficient (Wildman–Crippen LogP) is 3.57. The molecule has 2 N–H and O–H groups in total. The van der Waals surface area contributed by atoms with Crippen LogP contribution in [0.25, 0.3) is 5.65 Å². The van der Waals surface area contributed by atoms with Gasteiger partial charge in [0, 0.05) is 6.20 Å². The van der Waals surface area contributed by atoms with E-state index in [2.05, 4.69) is 10.3 Å². The van der Waals surface area contributed by atoms with Gasteiger partial charge in [-0.1, -0.05) is 23.7 Å². The molecule has 0 aliphatic carbocycles. The predicted molar refractivity (Wildman–Crippen MR) is 76.8 cm³/mol. The van der Waals surface area contributed by atoms with Crippen molar-refractivity contribution < 1.29 is 14.3 Å². The summed E-state index contributed by atoms with van der Waals surface area (Å²) in [6.45, 7) is 0. The first-order valence-corrected chi connectivity index (χ1v) is 6.37. The number of benzene rings is 1. The quantitative estimate of drug-likeness (QED) is 0.776. The molecule has 0 bridgehead atoms. The number of hydrogen-bond acceptors (Lipinski definition) is 3. The van der Waals surface area contributed by atoms with Gasteiger partial charge in [0.15, 0.2) is 17.3 Å². The van der Waals surface area contributed by atoms with Gasteiger partial charge in [-0.05, 0) is 24.3 Å². The smallest absolute Gasteiger partial charge is 0.356 e. The van der Waals surface area contributed by atoms with Crippen LogP contribution in [-0.2, 0) is 0 Å². The topological polar surface area (TPSA) is 66.6 Å². The summed E-state index contributed by atoms with van der Waals surface area (Å²) in [6, 6.07) is 9.50. The van der Waals surface area contributed by atoms with Crippen LogP contribution < -0.4 is 5.32 Å². The van der Waals surface area contributed by atoms with Gasteiger partial charge in [-0.2, -0.15) is 0 Å². The largest absolute Gasteiger partial charge is 0.476 e. The van der Waals surface area contributed by atoms with Gasteiger partial charge in [-0.3, -0.25) is 4.40 Å². The van der Waals surface area contributed by atoms with Crippen LogP contribution in [0, 0.1) is 5.82 Å². The number of carboxylic acid groups (broad SMARTS) is 1. The van der Waals surface area contributed by atoms with Crippen LogP contribution in [0.1, 0.15) is 10.5 Å². The zero-order chi connectivity index (χ0) is 15.0. The van der Waals surface area contributed by atoms with Crippen molar-refractivity contribution in [3.63, 3.8) is 0 Å². The van der Waals surface area contributed by atoms with E-state index in [-0.39, 0.29) is 22.2 Å². The average molecular weight is 306 g/mol. The molecule has 0 radical (unpaired) electrons. The molecule has 3 aromatic rings. The number of pyridine rings is 1. The summed E-state index contributed by atoms with van der Waals surface area (Å²) in [4.78, 5) is 15.6. The third-order valence-electron chi connectivity index (χ3n) is 2.94. The lowest BCUT2D eigenvalue weighted by molar-refractivity contribution is 0.0690. The number of aromatic nitrogens is 2. The van der Waals surface area contributed by atoms with E-state index in [1.165, 1.54) is 16.5 Å². The van der Waals surface area contributed by atoms with Gasteiger partial charge in [0.05, 0.1) is 10.7 Å². The highest BCUT2D eigenvalue weighted by Crippen LogP contribution is 2.27. The van der Waals surface area contributed by atoms with Crippen LogP contribution >= 0.6 is 11.6 Å². The van der Waals surface area contributed by atoms with E-state index in [0.717, 1.165) is 0 Å². The molecule has 0 saturated carbocycles. The SMILES string of the molecule is O=C(O)c1c(Nc2cccc(Cl)c2F)nc2ccccn12. The fourth-order valence-corrected chi connectivity index (χ4v) is 2.19. The Labute approximate surface area is 123 Å². The van der Waals surface area contributed by atoms with Crippen molar-refractivity contribution in [1.82, 2.24) is 9.38 Å². The lowest BCUT2D eigenvalue weighted by atomic mass is 10.3. The second kappa shape index (κ2) is 5.06. The summed E-state index contributed by atoms with van der Waals surface area (Å²) in [6.07, 6.45) is 1.57. The van der Waals surface area contributed by atoms with Crippen molar-refractivity contribution in [3.8, 4) is 0 Å². The Morgan fingerprint density at radius 1 is 1.29 bits per heavy atom. The van der Waals surface area contributed by atoms with Crippen LogP contribution in [0.4, 0.5) is 15.9 Å². The maximum absolute atomic E-state index is 13.9. The molecule has 0 spiro atoms. The van der Waals surface area contributed by atoms with Crippen molar-refractivity contribution in [3.05, 3.63) is 59.1 Å². The number of fused-ring (bicyclic) bond motifs is 1. The number of aromatic carboxylic acids is 1. The molecular weight excluding hydrogens is 297 g/mol. The monoisotopic (exact) mass is 305 g/mol. The van der Waals surface area contributed by atoms with Crippen molar-refractivity contribution in [1.29, 1.82) is 0 Å². The zero-order valence-corrected chi connectivity index (χ0v) is 11.3. The third kappa shape index (κ3) is 2.30. The first-order valence-electron chi connectivity index (χ1n) is 5.99. The summed E-state index contributed by atoms with van der Waals surface area (Å²) in [5, 5.41) is 12.0. The first-order chi connectivity index (χ1) is 10.1. The van der Waals surface area contributed by atoms with Crippen LogP contribution in [0.5, 0.6) is 0 Å². The fraction of sp³-hybridized carbons (Fsp3) is 0. The van der Waals surface area contributed by atoms with Gasteiger partial charge in [0.2, 0.25) is 0 Å². The molecule has 3 rings (SSSR count). The number of carbonyl (C=O) groups is 1. The molecule has 0 atom stereocenters. The molecule has 0 aliphatic rings. The molecule has 0 saturated heterocycles. The van der Waals surface area contributed by atoms with E-state index in [0.29, 0.717) is 5.65 Å². The first kappa shape index (κ1) is 13.4. The molecule has 7 heteroatoms. The van der Waals surface area contributed by atoms with E-state index in [4.69, 9.17) is 11.6 Å². The highest BCUT2D eigenvalue weighted by molar-refractivity contribution is 6.31. The number of nitrogens with one attached hydrogen (secondary N) is 1. The second-order valence-corrected chi connectivity index (χ2v) is 4.68. The second-order valence-electron chi connectivity index (χ2n) is 4.27. The molecule has 0 fully saturated rings. The van der Waals surface area contributed by atoms with Gasteiger partial charge < -0.3 is 10.4 Å². The number of hydrogen-bond donors (Lipinski definition) is 2. The highest BCUT2D eigenvalue weighted by Gasteiger charge is 2.19. The summed E-state index contributed by atoms with van der Waals surface area (Å²) in [5.74, 6) is -1.78. The summed E-state index contributed by atoms with van der Waals surface area (Å²) >= 11 is 5.70. The van der Waals surface area contributed by atoms with Crippen molar-refractivity contribution in [2.75, 3.05) is 5.32 Å². The molecule has 1 aromatic carbocycles. The third-order valence-corrected chi connectivity index (χ3v) is 3.23. The number of nitrogens with zero attached hydrogens (tertiary/aromatic N) is 2. The Morgan fingerprint density at radius 3 is 2.86 bits per heavy atom.